The van der Waals surface area contributed by atoms with Crippen LogP contribution in [0.15, 0.2) is 42.5 Å². The third-order valence-corrected chi connectivity index (χ3v) is 3.46. The standard InChI is InChI=1S/C18H20O4/c1-12-8-15(10-16(19)18(20)21)9-13(2)17(12)22-11-14-6-4-3-5-7-14/h3-9,16,19H,10-11H2,1-2H3,(H,20,21). The van der Waals surface area contributed by atoms with Crippen LogP contribution in [0, 0.1) is 13.8 Å². The Balaban J connectivity index is 2.11. The van der Waals surface area contributed by atoms with Crippen LogP contribution in [0.1, 0.15) is 22.3 Å². The summed E-state index contributed by atoms with van der Waals surface area (Å²) in [4.78, 5) is 10.7. The molecule has 0 aromatic heterocycles. The fourth-order valence-electron chi connectivity index (χ4n) is 2.43. The minimum absolute atomic E-state index is 0.0932. The van der Waals surface area contributed by atoms with Gasteiger partial charge in [0.1, 0.15) is 12.4 Å². The van der Waals surface area contributed by atoms with E-state index in [4.69, 9.17) is 9.84 Å². The van der Waals surface area contributed by atoms with Crippen LogP contribution in [0.5, 0.6) is 5.75 Å². The van der Waals surface area contributed by atoms with Gasteiger partial charge in [0.15, 0.2) is 6.10 Å². The van der Waals surface area contributed by atoms with Crippen molar-refractivity contribution in [1.29, 1.82) is 0 Å². The third-order valence-electron chi connectivity index (χ3n) is 3.46. The topological polar surface area (TPSA) is 66.8 Å². The summed E-state index contributed by atoms with van der Waals surface area (Å²) in [5.74, 6) is -0.405. The highest BCUT2D eigenvalue weighted by atomic mass is 16.5. The molecule has 0 aliphatic heterocycles. The molecule has 0 bridgehead atoms. The van der Waals surface area contributed by atoms with Crippen LogP contribution < -0.4 is 4.74 Å². The summed E-state index contributed by atoms with van der Waals surface area (Å²) in [5.41, 5.74) is 3.75. The molecule has 116 valence electrons. The molecule has 0 fully saturated rings. The van der Waals surface area contributed by atoms with Crippen molar-refractivity contribution in [3.63, 3.8) is 0 Å². The molecule has 22 heavy (non-hydrogen) atoms. The molecular weight excluding hydrogens is 280 g/mol. The van der Waals surface area contributed by atoms with Crippen LogP contribution in [-0.2, 0) is 17.8 Å². The zero-order valence-electron chi connectivity index (χ0n) is 12.7. The number of aryl methyl sites for hydroxylation is 2. The SMILES string of the molecule is Cc1cc(CC(O)C(=O)O)cc(C)c1OCc1ccccc1. The molecule has 0 aliphatic rings. The second-order valence-electron chi connectivity index (χ2n) is 5.39. The molecule has 1 unspecified atom stereocenters. The summed E-state index contributed by atoms with van der Waals surface area (Å²) in [6, 6.07) is 13.6. The fourth-order valence-corrected chi connectivity index (χ4v) is 2.43. The molecule has 1 atom stereocenters. The number of aliphatic hydroxyl groups is 1. The highest BCUT2D eigenvalue weighted by Gasteiger charge is 2.15. The summed E-state index contributed by atoms with van der Waals surface area (Å²) in [6.07, 6.45) is -1.29. The smallest absolute Gasteiger partial charge is 0.332 e. The number of hydrogen-bond acceptors (Lipinski definition) is 3. The zero-order chi connectivity index (χ0) is 16.1. The van der Waals surface area contributed by atoms with Crippen LogP contribution in [0.4, 0.5) is 0 Å². The Morgan fingerprint density at radius 1 is 1.09 bits per heavy atom. The van der Waals surface area contributed by atoms with Crippen molar-refractivity contribution in [1.82, 2.24) is 0 Å². The highest BCUT2D eigenvalue weighted by molar-refractivity contribution is 5.72. The summed E-state index contributed by atoms with van der Waals surface area (Å²) < 4.78 is 5.88. The van der Waals surface area contributed by atoms with Crippen molar-refractivity contribution in [2.75, 3.05) is 0 Å². The normalized spacial score (nSPS) is 12.0. The Bertz CT molecular complexity index is 626. The van der Waals surface area contributed by atoms with Crippen LogP contribution in [-0.4, -0.2) is 22.3 Å². The highest BCUT2D eigenvalue weighted by Crippen LogP contribution is 2.26. The van der Waals surface area contributed by atoms with E-state index in [1.807, 2.05) is 56.3 Å². The Morgan fingerprint density at radius 2 is 1.68 bits per heavy atom. The van der Waals surface area contributed by atoms with Crippen molar-refractivity contribution in [2.24, 2.45) is 0 Å². The summed E-state index contributed by atoms with van der Waals surface area (Å²) in [6.45, 7) is 4.33. The Morgan fingerprint density at radius 3 is 2.23 bits per heavy atom. The lowest BCUT2D eigenvalue weighted by Gasteiger charge is -2.15. The number of aliphatic carboxylic acids is 1. The lowest BCUT2D eigenvalue weighted by atomic mass is 10.0. The van der Waals surface area contributed by atoms with Crippen molar-refractivity contribution in [3.05, 3.63) is 64.7 Å². The number of carboxylic acids is 1. The molecule has 2 N–H and O–H groups in total. The first-order chi connectivity index (χ1) is 10.5. The van der Waals surface area contributed by atoms with E-state index < -0.39 is 12.1 Å². The van der Waals surface area contributed by atoms with Crippen LogP contribution in [0.3, 0.4) is 0 Å². The monoisotopic (exact) mass is 300 g/mol. The molecule has 2 aromatic carbocycles. The van der Waals surface area contributed by atoms with Gasteiger partial charge in [-0.05, 0) is 36.1 Å². The zero-order valence-corrected chi connectivity index (χ0v) is 12.7. The second kappa shape index (κ2) is 7.09. The molecule has 0 spiro atoms. The van der Waals surface area contributed by atoms with Gasteiger partial charge in [0, 0.05) is 6.42 Å². The molecule has 0 amide bonds. The average molecular weight is 300 g/mol. The van der Waals surface area contributed by atoms with E-state index in [0.717, 1.165) is 28.0 Å². The summed E-state index contributed by atoms with van der Waals surface area (Å²) >= 11 is 0. The largest absolute Gasteiger partial charge is 0.488 e. The van der Waals surface area contributed by atoms with Crippen molar-refractivity contribution < 1.29 is 19.7 Å². The molecule has 4 nitrogen and oxygen atoms in total. The molecule has 0 saturated heterocycles. The number of ether oxygens (including phenoxy) is 1. The van der Waals surface area contributed by atoms with E-state index in [0.29, 0.717) is 6.61 Å². The van der Waals surface area contributed by atoms with E-state index in [9.17, 15) is 9.90 Å². The average Bonchev–Trinajstić information content (AvgIpc) is 2.47. The molecule has 2 aromatic rings. The Kier molecular flexibility index (Phi) is 5.17. The van der Waals surface area contributed by atoms with Crippen LogP contribution in [0.25, 0.3) is 0 Å². The van der Waals surface area contributed by atoms with Gasteiger partial charge >= 0.3 is 5.97 Å². The molecule has 0 aliphatic carbocycles. The quantitative estimate of drug-likeness (QED) is 0.861. The van der Waals surface area contributed by atoms with E-state index in [2.05, 4.69) is 0 Å². The van der Waals surface area contributed by atoms with E-state index in [-0.39, 0.29) is 6.42 Å². The molecule has 2 rings (SSSR count). The van der Waals surface area contributed by atoms with Crippen molar-refractivity contribution >= 4 is 5.97 Å². The van der Waals surface area contributed by atoms with E-state index >= 15 is 0 Å². The van der Waals surface area contributed by atoms with Crippen molar-refractivity contribution in [2.45, 2.75) is 33.0 Å². The summed E-state index contributed by atoms with van der Waals surface area (Å²) in [7, 11) is 0. The first-order valence-electron chi connectivity index (χ1n) is 7.15. The minimum atomic E-state index is -1.38. The Hall–Kier alpha value is -2.33. The third kappa shape index (κ3) is 4.09. The lowest BCUT2D eigenvalue weighted by Crippen LogP contribution is -2.22. The predicted octanol–water partition coefficient (Wildman–Crippen LogP) is 2.87. The molecule has 0 saturated carbocycles. The van der Waals surface area contributed by atoms with E-state index in [1.54, 1.807) is 0 Å². The van der Waals surface area contributed by atoms with Gasteiger partial charge in [-0.15, -0.1) is 0 Å². The number of benzene rings is 2. The number of rotatable bonds is 6. The van der Waals surface area contributed by atoms with Crippen LogP contribution in [0.2, 0.25) is 0 Å². The molecule has 4 heteroatoms. The van der Waals surface area contributed by atoms with E-state index in [1.165, 1.54) is 0 Å². The van der Waals surface area contributed by atoms with Gasteiger partial charge in [0.2, 0.25) is 0 Å². The van der Waals surface area contributed by atoms with Crippen molar-refractivity contribution in [3.8, 4) is 5.75 Å². The number of hydrogen-bond donors (Lipinski definition) is 2. The van der Waals surface area contributed by atoms with Gasteiger partial charge in [0.05, 0.1) is 0 Å². The molecular formula is C18H20O4. The first-order valence-corrected chi connectivity index (χ1v) is 7.15. The molecule has 0 heterocycles. The minimum Gasteiger partial charge on any atom is -0.488 e. The molecule has 0 radical (unpaired) electrons. The predicted molar refractivity (Wildman–Crippen MR) is 84.0 cm³/mol. The number of carboxylic acid groups (broad SMARTS) is 1. The van der Waals surface area contributed by atoms with Crippen LogP contribution >= 0.6 is 0 Å². The number of carbonyl (C=O) groups is 1. The fraction of sp³-hybridized carbons (Fsp3) is 0.278. The second-order valence-corrected chi connectivity index (χ2v) is 5.39. The lowest BCUT2D eigenvalue weighted by molar-refractivity contribution is -0.146. The maximum atomic E-state index is 10.7. The van der Waals surface area contributed by atoms with Gasteiger partial charge in [-0.3, -0.25) is 0 Å². The van der Waals surface area contributed by atoms with Gasteiger partial charge in [0.25, 0.3) is 0 Å². The maximum Gasteiger partial charge on any atom is 0.332 e. The van der Waals surface area contributed by atoms with Gasteiger partial charge < -0.3 is 14.9 Å². The maximum absolute atomic E-state index is 10.7. The van der Waals surface area contributed by atoms with Gasteiger partial charge in [-0.1, -0.05) is 42.5 Å². The summed E-state index contributed by atoms with van der Waals surface area (Å²) in [5, 5.41) is 18.2. The number of aliphatic hydroxyl groups excluding tert-OH is 1. The first kappa shape index (κ1) is 16.0. The van der Waals surface area contributed by atoms with Gasteiger partial charge in [-0.25, -0.2) is 4.79 Å². The van der Waals surface area contributed by atoms with Gasteiger partial charge in [-0.2, -0.15) is 0 Å². The Labute approximate surface area is 130 Å².